The first-order valence-electron chi connectivity index (χ1n) is 3.26. The Labute approximate surface area is 67.5 Å². The van der Waals surface area contributed by atoms with Crippen molar-refractivity contribution >= 4 is 0 Å². The second-order valence-electron chi connectivity index (χ2n) is 2.32. The Morgan fingerprint density at radius 3 is 2.58 bits per heavy atom. The molecule has 1 unspecified atom stereocenters. The normalized spacial score (nSPS) is 21.7. The van der Waals surface area contributed by atoms with Crippen LogP contribution in [0.3, 0.4) is 0 Å². The topological polar surface area (TPSA) is 86.3 Å². The van der Waals surface area contributed by atoms with Gasteiger partial charge in [-0.2, -0.15) is 0 Å². The van der Waals surface area contributed by atoms with Crippen molar-refractivity contribution in [2.24, 2.45) is 0 Å². The molecule has 0 radical (unpaired) electrons. The van der Waals surface area contributed by atoms with Crippen LogP contribution in [-0.4, -0.2) is 15.9 Å². The molecule has 0 aromatic rings. The van der Waals surface area contributed by atoms with E-state index in [0.29, 0.717) is 0 Å². The quantitative estimate of drug-likeness (QED) is 0.347. The van der Waals surface area contributed by atoms with Crippen molar-refractivity contribution in [1.82, 2.24) is 0 Å². The molecule has 6 nitrogen and oxygen atoms in total. The fourth-order valence-electron chi connectivity index (χ4n) is 0.915. The van der Waals surface area contributed by atoms with Gasteiger partial charge in [-0.05, 0) is 6.08 Å². The van der Waals surface area contributed by atoms with Crippen LogP contribution < -0.4 is 0 Å². The first-order chi connectivity index (χ1) is 5.61. The van der Waals surface area contributed by atoms with E-state index < -0.39 is 15.9 Å². The molecule has 0 aromatic carbocycles. The molecule has 0 aromatic heterocycles. The first-order valence-corrected chi connectivity index (χ1v) is 3.26. The van der Waals surface area contributed by atoms with Gasteiger partial charge in [-0.1, -0.05) is 6.08 Å². The highest BCUT2D eigenvalue weighted by Gasteiger charge is 2.23. The van der Waals surface area contributed by atoms with Crippen LogP contribution in [0.1, 0.15) is 6.42 Å². The van der Waals surface area contributed by atoms with Crippen LogP contribution in [-0.2, 0) is 0 Å². The highest BCUT2D eigenvalue weighted by atomic mass is 16.6. The van der Waals surface area contributed by atoms with Crippen molar-refractivity contribution in [2.75, 3.05) is 0 Å². The number of rotatable bonds is 2. The monoisotopic (exact) mass is 170 g/mol. The molecular weight excluding hydrogens is 164 g/mol. The van der Waals surface area contributed by atoms with Gasteiger partial charge in [0.1, 0.15) is 0 Å². The van der Waals surface area contributed by atoms with E-state index in [-0.39, 0.29) is 12.1 Å². The number of nitrogens with zero attached hydrogens (tertiary/aromatic N) is 2. The van der Waals surface area contributed by atoms with Crippen LogP contribution in [0, 0.1) is 20.2 Å². The SMILES string of the molecule is O=[N+]([O-])C1=CC([N+](=O)[O-])C=CC1. The Morgan fingerprint density at radius 2 is 2.08 bits per heavy atom. The molecule has 0 saturated heterocycles. The van der Waals surface area contributed by atoms with E-state index in [1.807, 2.05) is 0 Å². The lowest BCUT2D eigenvalue weighted by molar-refractivity contribution is -0.500. The van der Waals surface area contributed by atoms with E-state index in [4.69, 9.17) is 0 Å². The average Bonchev–Trinajstić information content (AvgIpc) is 2.04. The van der Waals surface area contributed by atoms with E-state index in [9.17, 15) is 20.2 Å². The maximum absolute atomic E-state index is 10.2. The molecule has 64 valence electrons. The first kappa shape index (κ1) is 8.38. The molecule has 1 aliphatic carbocycles. The number of allylic oxidation sites excluding steroid dienone is 1. The predicted octanol–water partition coefficient (Wildman–Crippen LogP) is 0.752. The van der Waals surface area contributed by atoms with Gasteiger partial charge in [0.25, 0.3) is 11.7 Å². The van der Waals surface area contributed by atoms with E-state index in [1.54, 1.807) is 0 Å². The van der Waals surface area contributed by atoms with Crippen molar-refractivity contribution in [3.63, 3.8) is 0 Å². The van der Waals surface area contributed by atoms with E-state index in [1.165, 1.54) is 12.2 Å². The lowest BCUT2D eigenvalue weighted by Crippen LogP contribution is -2.18. The minimum atomic E-state index is -1.04. The zero-order valence-corrected chi connectivity index (χ0v) is 6.04. The third kappa shape index (κ3) is 1.66. The van der Waals surface area contributed by atoms with Crippen LogP contribution >= 0.6 is 0 Å². The fourth-order valence-corrected chi connectivity index (χ4v) is 0.915. The van der Waals surface area contributed by atoms with Gasteiger partial charge < -0.3 is 0 Å². The van der Waals surface area contributed by atoms with E-state index in [0.717, 1.165) is 6.08 Å². The number of hydrogen-bond donors (Lipinski definition) is 0. The van der Waals surface area contributed by atoms with Crippen molar-refractivity contribution in [1.29, 1.82) is 0 Å². The molecular formula is C6H6N2O4. The van der Waals surface area contributed by atoms with Crippen molar-refractivity contribution in [2.45, 2.75) is 12.5 Å². The van der Waals surface area contributed by atoms with Gasteiger partial charge in [-0.15, -0.1) is 0 Å². The van der Waals surface area contributed by atoms with Gasteiger partial charge in [0, 0.05) is 4.92 Å². The Bertz CT molecular complexity index is 281. The van der Waals surface area contributed by atoms with Crippen LogP contribution in [0.15, 0.2) is 23.9 Å². The summed E-state index contributed by atoms with van der Waals surface area (Å²) >= 11 is 0. The minimum Gasteiger partial charge on any atom is -0.264 e. The maximum atomic E-state index is 10.2. The van der Waals surface area contributed by atoms with Crippen LogP contribution in [0.2, 0.25) is 0 Å². The Morgan fingerprint density at radius 1 is 1.42 bits per heavy atom. The van der Waals surface area contributed by atoms with Gasteiger partial charge in [0.2, 0.25) is 0 Å². The highest BCUT2D eigenvalue weighted by molar-refractivity contribution is 5.14. The number of hydrogen-bond acceptors (Lipinski definition) is 4. The summed E-state index contributed by atoms with van der Waals surface area (Å²) in [7, 11) is 0. The number of nitro groups is 2. The summed E-state index contributed by atoms with van der Waals surface area (Å²) in [6, 6.07) is -1.04. The predicted molar refractivity (Wildman–Crippen MR) is 39.6 cm³/mol. The zero-order chi connectivity index (χ0) is 9.14. The minimum absolute atomic E-state index is 0.112. The summed E-state index contributed by atoms with van der Waals surface area (Å²) in [6.07, 6.45) is 4.00. The standard InChI is InChI=1S/C6H6N2O4/c9-7(10)5-2-1-3-6(4-5)8(11)12/h1-2,4-5H,3H2. The molecule has 12 heavy (non-hydrogen) atoms. The van der Waals surface area contributed by atoms with Crippen LogP contribution in [0.4, 0.5) is 0 Å². The molecule has 0 saturated carbocycles. The molecule has 0 bridgehead atoms. The van der Waals surface area contributed by atoms with E-state index in [2.05, 4.69) is 0 Å². The second-order valence-corrected chi connectivity index (χ2v) is 2.32. The summed E-state index contributed by atoms with van der Waals surface area (Å²) in [5.74, 6) is 0. The molecule has 0 N–H and O–H groups in total. The van der Waals surface area contributed by atoms with Crippen molar-refractivity contribution in [3.05, 3.63) is 44.2 Å². The van der Waals surface area contributed by atoms with Crippen LogP contribution in [0.25, 0.3) is 0 Å². The summed E-state index contributed by atoms with van der Waals surface area (Å²) in [6.45, 7) is 0. The molecule has 6 heteroatoms. The Kier molecular flexibility index (Phi) is 2.18. The molecule has 0 spiro atoms. The molecule has 1 rings (SSSR count). The van der Waals surface area contributed by atoms with Gasteiger partial charge >= 0.3 is 0 Å². The fraction of sp³-hybridized carbons (Fsp3) is 0.333. The van der Waals surface area contributed by atoms with Gasteiger partial charge in [0.05, 0.1) is 17.4 Å². The smallest absolute Gasteiger partial charge is 0.256 e. The molecule has 0 heterocycles. The van der Waals surface area contributed by atoms with Gasteiger partial charge in [-0.3, -0.25) is 20.2 Å². The summed E-state index contributed by atoms with van der Waals surface area (Å²) < 4.78 is 0. The van der Waals surface area contributed by atoms with Crippen molar-refractivity contribution < 1.29 is 9.85 Å². The third-order valence-electron chi connectivity index (χ3n) is 1.50. The molecule has 1 aliphatic rings. The molecule has 0 aliphatic heterocycles. The third-order valence-corrected chi connectivity index (χ3v) is 1.50. The molecule has 0 amide bonds. The van der Waals surface area contributed by atoms with Crippen LogP contribution in [0.5, 0.6) is 0 Å². The van der Waals surface area contributed by atoms with Crippen molar-refractivity contribution in [3.8, 4) is 0 Å². The Hall–Kier alpha value is -1.72. The van der Waals surface area contributed by atoms with Gasteiger partial charge in [0.15, 0.2) is 0 Å². The maximum Gasteiger partial charge on any atom is 0.256 e. The lowest BCUT2D eigenvalue weighted by Gasteiger charge is -2.03. The van der Waals surface area contributed by atoms with E-state index >= 15 is 0 Å². The highest BCUT2D eigenvalue weighted by Crippen LogP contribution is 2.13. The van der Waals surface area contributed by atoms with Gasteiger partial charge in [-0.25, -0.2) is 0 Å². The second kappa shape index (κ2) is 3.12. The summed E-state index contributed by atoms with van der Waals surface area (Å²) in [5.41, 5.74) is -0.112. The molecule has 0 fully saturated rings. The molecule has 1 atom stereocenters. The Balaban J connectivity index is 2.81. The zero-order valence-electron chi connectivity index (χ0n) is 6.04. The summed E-state index contributed by atoms with van der Waals surface area (Å²) in [5, 5.41) is 20.4. The largest absolute Gasteiger partial charge is 0.264 e. The summed E-state index contributed by atoms with van der Waals surface area (Å²) in [4.78, 5) is 19.2. The lowest BCUT2D eigenvalue weighted by atomic mass is 10.1. The average molecular weight is 170 g/mol.